The second-order valence-corrected chi connectivity index (χ2v) is 6.38. The number of hydrogen-bond acceptors (Lipinski definition) is 7. The van der Waals surface area contributed by atoms with Crippen molar-refractivity contribution in [2.45, 2.75) is 20.0 Å². The maximum Gasteiger partial charge on any atom is 0.437 e. The Balaban J connectivity index is 1.55. The number of furan rings is 2. The monoisotopic (exact) mass is 397 g/mol. The van der Waals surface area contributed by atoms with Gasteiger partial charge in [0.1, 0.15) is 12.3 Å². The minimum Gasteiger partial charge on any atom is -0.490 e. The Bertz CT molecular complexity index is 1180. The SMILES string of the molecule is CCOc1cccc2cc(-c3nn(CC(=O)N(C)Cc4ccco4)c(=O)o3)oc12. The number of amides is 1. The second-order valence-electron chi connectivity index (χ2n) is 6.38. The van der Waals surface area contributed by atoms with Gasteiger partial charge in [-0.25, -0.2) is 4.79 Å². The van der Waals surface area contributed by atoms with Gasteiger partial charge in [-0.15, -0.1) is 5.10 Å². The number of likely N-dealkylation sites (N-methyl/N-ethyl adjacent to an activating group) is 1. The zero-order chi connectivity index (χ0) is 20.4. The highest BCUT2D eigenvalue weighted by molar-refractivity contribution is 5.86. The Morgan fingerprint density at radius 2 is 2.10 bits per heavy atom. The van der Waals surface area contributed by atoms with E-state index in [4.69, 9.17) is 18.0 Å². The molecule has 9 nitrogen and oxygen atoms in total. The highest BCUT2D eigenvalue weighted by Gasteiger charge is 2.19. The molecule has 0 spiro atoms. The fourth-order valence-corrected chi connectivity index (χ4v) is 2.89. The summed E-state index contributed by atoms with van der Waals surface area (Å²) in [5.74, 6) is 0.445. The van der Waals surface area contributed by atoms with Crippen molar-refractivity contribution in [2.24, 2.45) is 0 Å². The number of benzene rings is 1. The minimum absolute atomic E-state index is 0.00450. The molecule has 0 aliphatic heterocycles. The van der Waals surface area contributed by atoms with E-state index in [1.165, 1.54) is 11.2 Å². The molecule has 9 heteroatoms. The normalized spacial score (nSPS) is 11.1. The largest absolute Gasteiger partial charge is 0.490 e. The number of para-hydroxylation sites is 1. The number of hydrogen-bond donors (Lipinski definition) is 0. The van der Waals surface area contributed by atoms with E-state index in [9.17, 15) is 9.59 Å². The number of carbonyl (C=O) groups excluding carboxylic acids is 1. The fraction of sp³-hybridized carbons (Fsp3) is 0.250. The third-order valence-corrected chi connectivity index (χ3v) is 4.31. The van der Waals surface area contributed by atoms with E-state index < -0.39 is 5.76 Å². The molecular formula is C20H19N3O6. The van der Waals surface area contributed by atoms with Crippen molar-refractivity contribution in [3.63, 3.8) is 0 Å². The van der Waals surface area contributed by atoms with Gasteiger partial charge in [0, 0.05) is 12.4 Å². The van der Waals surface area contributed by atoms with E-state index in [2.05, 4.69) is 5.10 Å². The van der Waals surface area contributed by atoms with Crippen LogP contribution in [-0.2, 0) is 17.9 Å². The van der Waals surface area contributed by atoms with Crippen LogP contribution in [0, 0.1) is 0 Å². The molecule has 0 saturated carbocycles. The van der Waals surface area contributed by atoms with Crippen LogP contribution in [0.1, 0.15) is 12.7 Å². The van der Waals surface area contributed by atoms with Gasteiger partial charge in [-0.2, -0.15) is 4.68 Å². The third kappa shape index (κ3) is 3.79. The summed E-state index contributed by atoms with van der Waals surface area (Å²) in [5.41, 5.74) is 0.538. The molecule has 1 aromatic carbocycles. The maximum atomic E-state index is 12.4. The quantitative estimate of drug-likeness (QED) is 0.472. The first-order valence-corrected chi connectivity index (χ1v) is 9.05. The molecule has 3 aromatic heterocycles. The molecule has 0 aliphatic carbocycles. The minimum atomic E-state index is -0.745. The molecule has 0 saturated heterocycles. The predicted molar refractivity (Wildman–Crippen MR) is 102 cm³/mol. The smallest absolute Gasteiger partial charge is 0.437 e. The number of carbonyl (C=O) groups is 1. The summed E-state index contributed by atoms with van der Waals surface area (Å²) in [6.07, 6.45) is 1.53. The highest BCUT2D eigenvalue weighted by Crippen LogP contribution is 2.32. The van der Waals surface area contributed by atoms with Crippen LogP contribution in [0.25, 0.3) is 22.6 Å². The zero-order valence-corrected chi connectivity index (χ0v) is 16.0. The lowest BCUT2D eigenvalue weighted by Gasteiger charge is -2.14. The molecule has 0 bridgehead atoms. The van der Waals surface area contributed by atoms with Gasteiger partial charge < -0.3 is 22.9 Å². The fourth-order valence-electron chi connectivity index (χ4n) is 2.89. The lowest BCUT2D eigenvalue weighted by atomic mass is 10.2. The van der Waals surface area contributed by atoms with Gasteiger partial charge >= 0.3 is 5.76 Å². The molecule has 29 heavy (non-hydrogen) atoms. The lowest BCUT2D eigenvalue weighted by molar-refractivity contribution is -0.131. The number of ether oxygens (including phenoxy) is 1. The standard InChI is InChI=1S/C20H19N3O6/c1-3-26-15-8-4-6-13-10-16(28-18(13)15)19-21-23(20(25)29-19)12-17(24)22(2)11-14-7-5-9-27-14/h4-10H,3,11-12H2,1-2H3. The van der Waals surface area contributed by atoms with Crippen LogP contribution >= 0.6 is 0 Å². The summed E-state index contributed by atoms with van der Waals surface area (Å²) in [7, 11) is 1.62. The van der Waals surface area contributed by atoms with Gasteiger partial charge in [-0.1, -0.05) is 12.1 Å². The first-order valence-electron chi connectivity index (χ1n) is 9.05. The molecule has 0 fully saturated rings. The van der Waals surface area contributed by atoms with Crippen LogP contribution < -0.4 is 10.5 Å². The number of nitrogens with zero attached hydrogens (tertiary/aromatic N) is 3. The number of fused-ring (bicyclic) bond motifs is 1. The van der Waals surface area contributed by atoms with E-state index in [0.717, 1.165) is 10.1 Å². The van der Waals surface area contributed by atoms with Gasteiger partial charge in [0.25, 0.3) is 5.89 Å². The van der Waals surface area contributed by atoms with E-state index in [1.807, 2.05) is 19.1 Å². The van der Waals surface area contributed by atoms with Crippen LogP contribution in [0.4, 0.5) is 0 Å². The van der Waals surface area contributed by atoms with Crippen molar-refractivity contribution in [1.29, 1.82) is 0 Å². The molecule has 3 heterocycles. The molecule has 0 aliphatic rings. The Kier molecular flexibility index (Phi) is 4.94. The van der Waals surface area contributed by atoms with Crippen molar-refractivity contribution in [1.82, 2.24) is 14.7 Å². The summed E-state index contributed by atoms with van der Waals surface area (Å²) in [6.45, 7) is 2.40. The van der Waals surface area contributed by atoms with Crippen molar-refractivity contribution in [3.05, 3.63) is 59.0 Å². The number of aromatic nitrogens is 2. The van der Waals surface area contributed by atoms with E-state index >= 15 is 0 Å². The van der Waals surface area contributed by atoms with Crippen LogP contribution in [-0.4, -0.2) is 34.2 Å². The zero-order valence-electron chi connectivity index (χ0n) is 16.0. The van der Waals surface area contributed by atoms with Gasteiger partial charge in [-0.3, -0.25) is 4.79 Å². The van der Waals surface area contributed by atoms with Gasteiger partial charge in [0.2, 0.25) is 5.91 Å². The van der Waals surface area contributed by atoms with E-state index in [0.29, 0.717) is 23.7 Å². The van der Waals surface area contributed by atoms with E-state index in [-0.39, 0.29) is 30.6 Å². The molecule has 150 valence electrons. The summed E-state index contributed by atoms with van der Waals surface area (Å²) in [5, 5.41) is 4.89. The van der Waals surface area contributed by atoms with Gasteiger partial charge in [0.05, 0.1) is 19.4 Å². The van der Waals surface area contributed by atoms with Crippen molar-refractivity contribution in [3.8, 4) is 17.4 Å². The summed E-state index contributed by atoms with van der Waals surface area (Å²) >= 11 is 0. The second kappa shape index (κ2) is 7.70. The summed E-state index contributed by atoms with van der Waals surface area (Å²) in [6, 6.07) is 10.7. The van der Waals surface area contributed by atoms with Crippen molar-refractivity contribution >= 4 is 16.9 Å². The summed E-state index contributed by atoms with van der Waals surface area (Å²) in [4.78, 5) is 26.0. The lowest BCUT2D eigenvalue weighted by Crippen LogP contribution is -2.32. The Morgan fingerprint density at radius 1 is 1.24 bits per heavy atom. The predicted octanol–water partition coefficient (Wildman–Crippen LogP) is 2.90. The third-order valence-electron chi connectivity index (χ3n) is 4.31. The first-order chi connectivity index (χ1) is 14.0. The molecule has 0 atom stereocenters. The summed E-state index contributed by atoms with van der Waals surface area (Å²) < 4.78 is 22.7. The van der Waals surface area contributed by atoms with Crippen molar-refractivity contribution in [2.75, 3.05) is 13.7 Å². The molecule has 0 N–H and O–H groups in total. The van der Waals surface area contributed by atoms with Crippen LogP contribution in [0.2, 0.25) is 0 Å². The highest BCUT2D eigenvalue weighted by atomic mass is 16.5. The van der Waals surface area contributed by atoms with Crippen LogP contribution in [0.3, 0.4) is 0 Å². The average molecular weight is 397 g/mol. The number of rotatable bonds is 7. The van der Waals surface area contributed by atoms with E-state index in [1.54, 1.807) is 31.3 Å². The molecule has 4 aromatic rings. The van der Waals surface area contributed by atoms with Crippen molar-refractivity contribution < 1.29 is 22.8 Å². The molecule has 0 unspecified atom stereocenters. The Hall–Kier alpha value is -3.75. The van der Waals surface area contributed by atoms with Crippen LogP contribution in [0.15, 0.2) is 60.7 Å². The molecular weight excluding hydrogens is 378 g/mol. The van der Waals surface area contributed by atoms with Gasteiger partial charge in [0.15, 0.2) is 17.1 Å². The molecule has 4 rings (SSSR count). The Labute approximate surface area is 165 Å². The average Bonchev–Trinajstić information content (AvgIpc) is 3.43. The Morgan fingerprint density at radius 3 is 2.86 bits per heavy atom. The molecule has 1 amide bonds. The van der Waals surface area contributed by atoms with Gasteiger partial charge in [-0.05, 0) is 31.2 Å². The maximum absolute atomic E-state index is 12.4. The first kappa shape index (κ1) is 18.6. The topological polar surface area (TPSA) is 104 Å². The van der Waals surface area contributed by atoms with Crippen LogP contribution in [0.5, 0.6) is 5.75 Å². The molecule has 0 radical (unpaired) electrons.